The Kier molecular flexibility index (Phi) is 4.25. The van der Waals surface area contributed by atoms with E-state index in [0.29, 0.717) is 5.56 Å². The highest BCUT2D eigenvalue weighted by atomic mass is 19.1. The largest absolute Gasteiger partial charge is 0.308 e. The number of hydrogen-bond acceptors (Lipinski definition) is 1. The summed E-state index contributed by atoms with van der Waals surface area (Å²) in [5, 5.41) is 3.37. The van der Waals surface area contributed by atoms with Crippen LogP contribution in [0.4, 0.5) is 4.39 Å². The van der Waals surface area contributed by atoms with Gasteiger partial charge in [-0.25, -0.2) is 4.39 Å². The molecule has 0 aliphatic carbocycles. The average molecular weight is 221 g/mol. The van der Waals surface area contributed by atoms with Crippen LogP contribution in [0.5, 0.6) is 0 Å². The molecule has 2 heteroatoms. The van der Waals surface area contributed by atoms with Gasteiger partial charge in [-0.3, -0.25) is 0 Å². The van der Waals surface area contributed by atoms with Crippen LogP contribution in [0.15, 0.2) is 29.8 Å². The van der Waals surface area contributed by atoms with Gasteiger partial charge in [0.2, 0.25) is 0 Å². The van der Waals surface area contributed by atoms with Gasteiger partial charge in [0.1, 0.15) is 5.82 Å². The zero-order valence-corrected chi connectivity index (χ0v) is 10.5. The van der Waals surface area contributed by atoms with E-state index in [0.717, 1.165) is 12.1 Å². The predicted molar refractivity (Wildman–Crippen MR) is 67.8 cm³/mol. The number of hydrogen-bond donors (Lipinski definition) is 1. The third-order valence-corrected chi connectivity index (χ3v) is 2.20. The molecule has 1 rings (SSSR count). The van der Waals surface area contributed by atoms with Gasteiger partial charge in [0.05, 0.1) is 0 Å². The summed E-state index contributed by atoms with van der Waals surface area (Å²) >= 11 is 0. The van der Waals surface area contributed by atoms with Crippen molar-refractivity contribution in [3.8, 4) is 0 Å². The molecule has 0 heterocycles. The second-order valence-electron chi connectivity index (χ2n) is 5.12. The molecule has 88 valence electrons. The second-order valence-corrected chi connectivity index (χ2v) is 5.12. The Labute approximate surface area is 97.4 Å². The fourth-order valence-electron chi connectivity index (χ4n) is 1.31. The maximum absolute atomic E-state index is 13.4. The minimum atomic E-state index is -0.169. The molecular weight excluding hydrogens is 201 g/mol. The molecule has 0 saturated carbocycles. The summed E-state index contributed by atoms with van der Waals surface area (Å²) in [4.78, 5) is 0. The monoisotopic (exact) mass is 221 g/mol. The molecule has 1 N–H and O–H groups in total. The molecule has 0 unspecified atom stereocenters. The van der Waals surface area contributed by atoms with Crippen LogP contribution in [0.3, 0.4) is 0 Å². The molecule has 1 aromatic rings. The third-order valence-electron chi connectivity index (χ3n) is 2.20. The lowest BCUT2D eigenvalue weighted by atomic mass is 10.1. The van der Waals surface area contributed by atoms with E-state index in [4.69, 9.17) is 0 Å². The highest BCUT2D eigenvalue weighted by molar-refractivity contribution is 5.53. The summed E-state index contributed by atoms with van der Waals surface area (Å²) in [6.45, 7) is 9.12. The molecule has 0 aromatic heterocycles. The fourth-order valence-corrected chi connectivity index (χ4v) is 1.31. The first-order valence-corrected chi connectivity index (χ1v) is 5.55. The van der Waals surface area contributed by atoms with Gasteiger partial charge in [-0.2, -0.15) is 0 Å². The van der Waals surface area contributed by atoms with Crippen LogP contribution in [-0.4, -0.2) is 12.1 Å². The minimum absolute atomic E-state index is 0.0876. The van der Waals surface area contributed by atoms with Crippen LogP contribution in [0, 0.1) is 5.82 Å². The molecule has 0 spiro atoms. The van der Waals surface area contributed by atoms with E-state index in [9.17, 15) is 4.39 Å². The van der Waals surface area contributed by atoms with Crippen molar-refractivity contribution < 1.29 is 4.39 Å². The van der Waals surface area contributed by atoms with Crippen molar-refractivity contribution in [3.05, 3.63) is 41.2 Å². The van der Waals surface area contributed by atoms with Crippen molar-refractivity contribution >= 4 is 6.08 Å². The summed E-state index contributed by atoms with van der Waals surface area (Å²) in [7, 11) is 0. The van der Waals surface area contributed by atoms with Gasteiger partial charge in [-0.15, -0.1) is 0 Å². The molecule has 0 amide bonds. The van der Waals surface area contributed by atoms with Crippen molar-refractivity contribution in [2.45, 2.75) is 33.2 Å². The lowest BCUT2D eigenvalue weighted by molar-refractivity contribution is 0.445. The standard InChI is InChI=1S/C14H20FN/c1-11(10-16-14(2,3)4)9-12-7-5-6-8-13(12)15/h5-9,16H,10H2,1-4H3. The molecule has 0 atom stereocenters. The Hall–Kier alpha value is -1.15. The first-order valence-electron chi connectivity index (χ1n) is 5.55. The van der Waals surface area contributed by atoms with E-state index < -0.39 is 0 Å². The van der Waals surface area contributed by atoms with Gasteiger partial charge in [0.15, 0.2) is 0 Å². The Balaban J connectivity index is 2.67. The first kappa shape index (κ1) is 12.9. The van der Waals surface area contributed by atoms with Gasteiger partial charge in [0.25, 0.3) is 0 Å². The smallest absolute Gasteiger partial charge is 0.130 e. The van der Waals surface area contributed by atoms with Gasteiger partial charge in [-0.1, -0.05) is 29.8 Å². The summed E-state index contributed by atoms with van der Waals surface area (Å²) < 4.78 is 13.4. The Morgan fingerprint density at radius 3 is 2.50 bits per heavy atom. The van der Waals surface area contributed by atoms with Crippen LogP contribution in [-0.2, 0) is 0 Å². The van der Waals surface area contributed by atoms with Crippen LogP contribution in [0.1, 0.15) is 33.3 Å². The molecule has 0 saturated heterocycles. The van der Waals surface area contributed by atoms with E-state index in [1.165, 1.54) is 6.07 Å². The molecule has 0 bridgehead atoms. The van der Waals surface area contributed by atoms with Crippen LogP contribution < -0.4 is 5.32 Å². The molecule has 16 heavy (non-hydrogen) atoms. The molecule has 1 aromatic carbocycles. The maximum Gasteiger partial charge on any atom is 0.130 e. The average Bonchev–Trinajstić information content (AvgIpc) is 2.18. The van der Waals surface area contributed by atoms with Crippen LogP contribution in [0.2, 0.25) is 0 Å². The van der Waals surface area contributed by atoms with E-state index in [1.807, 2.05) is 19.1 Å². The zero-order chi connectivity index (χ0) is 12.2. The van der Waals surface area contributed by atoms with Crippen molar-refractivity contribution in [3.63, 3.8) is 0 Å². The molecule has 0 fully saturated rings. The first-order chi connectivity index (χ1) is 7.38. The highest BCUT2D eigenvalue weighted by Crippen LogP contribution is 2.11. The lowest BCUT2D eigenvalue weighted by Crippen LogP contribution is -2.36. The molecule has 0 aliphatic rings. The molecule has 0 radical (unpaired) electrons. The topological polar surface area (TPSA) is 12.0 Å². The van der Waals surface area contributed by atoms with Crippen molar-refractivity contribution in [2.24, 2.45) is 0 Å². The quantitative estimate of drug-likeness (QED) is 0.822. The number of benzene rings is 1. The third kappa shape index (κ3) is 4.58. The molecule has 1 nitrogen and oxygen atoms in total. The highest BCUT2D eigenvalue weighted by Gasteiger charge is 2.08. The fraction of sp³-hybridized carbons (Fsp3) is 0.429. The van der Waals surface area contributed by atoms with Gasteiger partial charge in [0, 0.05) is 17.6 Å². The number of rotatable bonds is 3. The lowest BCUT2D eigenvalue weighted by Gasteiger charge is -2.20. The predicted octanol–water partition coefficient (Wildman–Crippen LogP) is 3.62. The van der Waals surface area contributed by atoms with E-state index in [2.05, 4.69) is 26.1 Å². The van der Waals surface area contributed by atoms with E-state index in [1.54, 1.807) is 12.1 Å². The van der Waals surface area contributed by atoms with Crippen LogP contribution in [0.25, 0.3) is 6.08 Å². The summed E-state index contributed by atoms with van der Waals surface area (Å²) in [6, 6.07) is 6.82. The minimum Gasteiger partial charge on any atom is -0.308 e. The van der Waals surface area contributed by atoms with Gasteiger partial charge >= 0.3 is 0 Å². The summed E-state index contributed by atoms with van der Waals surface area (Å²) in [6.07, 6.45) is 1.88. The van der Waals surface area contributed by atoms with Gasteiger partial charge in [-0.05, 0) is 33.8 Å². The van der Waals surface area contributed by atoms with E-state index in [-0.39, 0.29) is 11.4 Å². The number of halogens is 1. The SMILES string of the molecule is CC(=Cc1ccccc1F)CNC(C)(C)C. The van der Waals surface area contributed by atoms with Crippen molar-refractivity contribution in [1.29, 1.82) is 0 Å². The Morgan fingerprint density at radius 2 is 1.94 bits per heavy atom. The Morgan fingerprint density at radius 1 is 1.31 bits per heavy atom. The molecule has 0 aliphatic heterocycles. The van der Waals surface area contributed by atoms with Crippen LogP contribution >= 0.6 is 0 Å². The normalized spacial score (nSPS) is 12.9. The summed E-state index contributed by atoms with van der Waals surface area (Å²) in [5.41, 5.74) is 1.86. The van der Waals surface area contributed by atoms with Gasteiger partial charge < -0.3 is 5.32 Å². The maximum atomic E-state index is 13.4. The second kappa shape index (κ2) is 5.26. The number of nitrogens with one attached hydrogen (secondary N) is 1. The van der Waals surface area contributed by atoms with E-state index >= 15 is 0 Å². The zero-order valence-electron chi connectivity index (χ0n) is 10.5. The van der Waals surface area contributed by atoms with Crippen molar-refractivity contribution in [2.75, 3.05) is 6.54 Å². The summed E-state index contributed by atoms with van der Waals surface area (Å²) in [5.74, 6) is -0.169. The van der Waals surface area contributed by atoms with Crippen molar-refractivity contribution in [1.82, 2.24) is 5.32 Å². The molecular formula is C14H20FN. The Bertz CT molecular complexity index is 375.